The number of rotatable bonds is 21. The highest BCUT2D eigenvalue weighted by Crippen LogP contribution is 2.15. The monoisotopic (exact) mass is 745 g/mol. The summed E-state index contributed by atoms with van der Waals surface area (Å²) in [5.74, 6) is -3.80. The Kier molecular flexibility index (Phi) is 19.8. The Balaban J connectivity index is 3.11. The lowest BCUT2D eigenvalue weighted by Crippen LogP contribution is -2.58. The van der Waals surface area contributed by atoms with Crippen molar-refractivity contribution in [1.82, 2.24) is 26.6 Å². The normalized spacial score (nSPS) is 15.3. The van der Waals surface area contributed by atoms with Gasteiger partial charge in [0.1, 0.15) is 29.8 Å². The molecule has 1 aromatic carbocycles. The Morgan fingerprint density at radius 3 is 1.77 bits per heavy atom. The molecule has 0 aliphatic carbocycles. The minimum absolute atomic E-state index is 0.00922. The molecule has 0 heterocycles. The summed E-state index contributed by atoms with van der Waals surface area (Å²) in [7, 11) is 1.23. The number of nitrogens with one attached hydrogen (secondary N) is 5. The number of Topliss-reactive ketones (excluding diaryl/α,β-unsaturated/α-hetero) is 1. The van der Waals surface area contributed by atoms with Crippen LogP contribution in [0, 0.1) is 17.8 Å². The predicted molar refractivity (Wildman–Crippen MR) is 201 cm³/mol. The number of hydrogen-bond acceptors (Lipinski definition) is 9. The van der Waals surface area contributed by atoms with Crippen LogP contribution in [0.25, 0.3) is 0 Å². The van der Waals surface area contributed by atoms with Gasteiger partial charge in [0.25, 0.3) is 0 Å². The van der Waals surface area contributed by atoms with Crippen LogP contribution in [0.4, 0.5) is 4.79 Å². The first-order valence-corrected chi connectivity index (χ1v) is 18.6. The van der Waals surface area contributed by atoms with Crippen molar-refractivity contribution in [2.24, 2.45) is 17.8 Å². The first-order chi connectivity index (χ1) is 24.7. The number of carbonyl (C=O) groups is 7. The number of ether oxygens (including phenoxy) is 2. The van der Waals surface area contributed by atoms with E-state index in [1.807, 2.05) is 58.0 Å². The molecule has 5 amide bonds. The number of carbonyl (C=O) groups excluding carboxylic acids is 7. The maximum atomic E-state index is 13.9. The van der Waals surface area contributed by atoms with Crippen molar-refractivity contribution >= 4 is 41.5 Å². The topological polar surface area (TPSA) is 198 Å². The van der Waals surface area contributed by atoms with E-state index in [1.54, 1.807) is 34.6 Å². The number of amides is 5. The largest absolute Gasteiger partial charge is 0.467 e. The van der Waals surface area contributed by atoms with E-state index in [0.717, 1.165) is 5.56 Å². The van der Waals surface area contributed by atoms with Crippen molar-refractivity contribution < 1.29 is 43.0 Å². The lowest BCUT2D eigenvalue weighted by atomic mass is 9.95. The van der Waals surface area contributed by atoms with Crippen molar-refractivity contribution in [3.63, 3.8) is 0 Å². The van der Waals surface area contributed by atoms with Gasteiger partial charge in [0, 0.05) is 19.3 Å². The Labute approximate surface area is 315 Å². The summed E-state index contributed by atoms with van der Waals surface area (Å²) in [5, 5.41) is 13.4. The third-order valence-electron chi connectivity index (χ3n) is 8.83. The maximum absolute atomic E-state index is 13.9. The molecule has 14 heteroatoms. The number of benzene rings is 1. The summed E-state index contributed by atoms with van der Waals surface area (Å²) in [5.41, 5.74) is -0.0266. The van der Waals surface area contributed by atoms with Crippen LogP contribution in [-0.2, 0) is 44.7 Å². The smallest absolute Gasteiger partial charge is 0.408 e. The van der Waals surface area contributed by atoms with Gasteiger partial charge in [0.05, 0.1) is 13.2 Å². The number of ketones is 1. The fourth-order valence-corrected chi connectivity index (χ4v) is 5.34. The summed E-state index contributed by atoms with van der Waals surface area (Å²) in [4.78, 5) is 91.5. The summed E-state index contributed by atoms with van der Waals surface area (Å²) in [6, 6.07) is 4.13. The number of methoxy groups -OCH3 is 1. The average molecular weight is 746 g/mol. The van der Waals surface area contributed by atoms with E-state index in [2.05, 4.69) is 26.6 Å². The maximum Gasteiger partial charge on any atom is 0.408 e. The van der Waals surface area contributed by atoms with Crippen LogP contribution in [0.5, 0.6) is 0 Å². The zero-order valence-corrected chi connectivity index (χ0v) is 33.4. The molecule has 1 aromatic rings. The van der Waals surface area contributed by atoms with Crippen molar-refractivity contribution in [2.75, 3.05) is 7.11 Å². The molecule has 0 saturated carbocycles. The SMILES string of the molecule is CC[C@H](C)[C@H](NC(=O)OC(C)(C)C)C(=O)N[C@@H](Cc1ccccc1)C(=O)N[C@@H](CC(C)C)C(=O)CCC(=O)N[C@@H](C)C(=O)N[C@H](C(=O)OC)[C@@H](C)CC. The third-order valence-corrected chi connectivity index (χ3v) is 8.83. The molecule has 0 bridgehead atoms. The molecular weight excluding hydrogens is 682 g/mol. The van der Waals surface area contributed by atoms with E-state index in [-0.39, 0.29) is 43.4 Å². The molecule has 0 radical (unpaired) electrons. The summed E-state index contributed by atoms with van der Waals surface area (Å²) < 4.78 is 10.2. The van der Waals surface area contributed by atoms with Gasteiger partial charge in [-0.3, -0.25) is 24.0 Å². The molecule has 0 aliphatic rings. The van der Waals surface area contributed by atoms with Gasteiger partial charge in [0.2, 0.25) is 23.6 Å². The molecule has 7 atom stereocenters. The summed E-state index contributed by atoms with van der Waals surface area (Å²) >= 11 is 0. The minimum Gasteiger partial charge on any atom is -0.467 e. The number of hydrogen-bond donors (Lipinski definition) is 5. The zero-order chi connectivity index (χ0) is 40.5. The van der Waals surface area contributed by atoms with E-state index < -0.39 is 77.3 Å². The third kappa shape index (κ3) is 17.3. The van der Waals surface area contributed by atoms with Crippen LogP contribution < -0.4 is 26.6 Å². The Morgan fingerprint density at radius 1 is 0.679 bits per heavy atom. The van der Waals surface area contributed by atoms with Crippen LogP contribution >= 0.6 is 0 Å². The van der Waals surface area contributed by atoms with Crippen LogP contribution in [0.15, 0.2) is 30.3 Å². The van der Waals surface area contributed by atoms with Gasteiger partial charge in [-0.15, -0.1) is 0 Å². The molecular formula is C39H63N5O9. The van der Waals surface area contributed by atoms with Gasteiger partial charge in [0.15, 0.2) is 5.78 Å². The van der Waals surface area contributed by atoms with Crippen LogP contribution in [0.1, 0.15) is 107 Å². The molecule has 298 valence electrons. The van der Waals surface area contributed by atoms with Crippen molar-refractivity contribution in [2.45, 2.75) is 144 Å². The fourth-order valence-electron chi connectivity index (χ4n) is 5.34. The molecule has 5 N–H and O–H groups in total. The van der Waals surface area contributed by atoms with E-state index in [4.69, 9.17) is 9.47 Å². The van der Waals surface area contributed by atoms with Crippen LogP contribution in [0.2, 0.25) is 0 Å². The second-order valence-electron chi connectivity index (χ2n) is 15.1. The molecule has 14 nitrogen and oxygen atoms in total. The van der Waals surface area contributed by atoms with Crippen molar-refractivity contribution in [3.05, 3.63) is 35.9 Å². The Morgan fingerprint density at radius 2 is 1.25 bits per heavy atom. The van der Waals surface area contributed by atoms with Gasteiger partial charge in [-0.05, 0) is 57.4 Å². The summed E-state index contributed by atoms with van der Waals surface area (Å²) in [6.07, 6.45) is 0.316. The van der Waals surface area contributed by atoms with Gasteiger partial charge in [-0.2, -0.15) is 0 Å². The Bertz CT molecular complexity index is 1380. The second kappa shape index (κ2) is 22.5. The quantitative estimate of drug-likeness (QED) is 0.116. The first-order valence-electron chi connectivity index (χ1n) is 18.6. The lowest BCUT2D eigenvalue weighted by Gasteiger charge is -2.29. The van der Waals surface area contributed by atoms with Gasteiger partial charge in [-0.1, -0.05) is 84.7 Å². The van der Waals surface area contributed by atoms with Crippen LogP contribution in [0.3, 0.4) is 0 Å². The van der Waals surface area contributed by atoms with Crippen molar-refractivity contribution in [1.29, 1.82) is 0 Å². The minimum atomic E-state index is -1.11. The predicted octanol–water partition coefficient (Wildman–Crippen LogP) is 3.74. The molecule has 0 saturated heterocycles. The first kappa shape index (κ1) is 46.5. The Hall–Kier alpha value is -4.49. The van der Waals surface area contributed by atoms with E-state index in [9.17, 15) is 33.6 Å². The van der Waals surface area contributed by atoms with E-state index in [0.29, 0.717) is 12.8 Å². The summed E-state index contributed by atoms with van der Waals surface area (Å²) in [6.45, 7) is 17.7. The second-order valence-corrected chi connectivity index (χ2v) is 15.1. The molecule has 1 rings (SSSR count). The van der Waals surface area contributed by atoms with Crippen molar-refractivity contribution in [3.8, 4) is 0 Å². The highest BCUT2D eigenvalue weighted by molar-refractivity contribution is 5.96. The number of alkyl carbamates (subject to hydrolysis) is 1. The molecule has 0 aliphatic heterocycles. The average Bonchev–Trinajstić information content (AvgIpc) is 3.09. The molecule has 53 heavy (non-hydrogen) atoms. The molecule has 0 aromatic heterocycles. The lowest BCUT2D eigenvalue weighted by molar-refractivity contribution is -0.146. The fraction of sp³-hybridized carbons (Fsp3) is 0.667. The van der Waals surface area contributed by atoms with E-state index >= 15 is 0 Å². The van der Waals surface area contributed by atoms with Gasteiger partial charge < -0.3 is 36.1 Å². The zero-order valence-electron chi connectivity index (χ0n) is 33.4. The standard InChI is InChI=1S/C39H63N5O9/c1-12-24(5)32(44-38(51)53-39(8,9)10)36(49)42-29(22-27-17-15-14-16-18-27)35(48)41-28(21-23(3)4)30(45)19-20-31(46)40-26(7)34(47)43-33(25(6)13-2)37(50)52-11/h14-18,23-26,28-29,32-33H,12-13,19-22H2,1-11H3,(H,40,46)(H,41,48)(H,42,49)(H,43,47)(H,44,51)/t24-,25-,26-,28-,29-,32-,33-/m0/s1. The highest BCUT2D eigenvalue weighted by atomic mass is 16.6. The van der Waals surface area contributed by atoms with Gasteiger partial charge in [-0.25, -0.2) is 9.59 Å². The molecule has 0 unspecified atom stereocenters. The van der Waals surface area contributed by atoms with E-state index in [1.165, 1.54) is 14.0 Å². The number of esters is 1. The molecule has 0 spiro atoms. The van der Waals surface area contributed by atoms with Crippen LogP contribution in [-0.4, -0.2) is 84.4 Å². The van der Waals surface area contributed by atoms with Gasteiger partial charge >= 0.3 is 12.1 Å². The molecule has 0 fully saturated rings. The highest BCUT2D eigenvalue weighted by Gasteiger charge is 2.34.